The van der Waals surface area contributed by atoms with Gasteiger partial charge in [0, 0.05) is 6.42 Å². The minimum absolute atomic E-state index is 0.0956. The van der Waals surface area contributed by atoms with E-state index >= 15 is 0 Å². The lowest BCUT2D eigenvalue weighted by Gasteiger charge is -2.01. The Kier molecular flexibility index (Phi) is 3.22. The monoisotopic (exact) mass is 219 g/mol. The van der Waals surface area contributed by atoms with Gasteiger partial charge in [0.1, 0.15) is 17.7 Å². The van der Waals surface area contributed by atoms with Crippen LogP contribution in [0.3, 0.4) is 0 Å². The first-order chi connectivity index (χ1) is 7.81. The van der Waals surface area contributed by atoms with Gasteiger partial charge >= 0.3 is 0 Å². The number of aliphatic hydroxyl groups is 1. The van der Waals surface area contributed by atoms with Crippen LogP contribution in [0.5, 0.6) is 5.75 Å². The molecular formula is C12H13NO3. The number of benzene rings is 1. The molecule has 16 heavy (non-hydrogen) atoms. The predicted molar refractivity (Wildman–Crippen MR) is 58.2 cm³/mol. The highest BCUT2D eigenvalue weighted by Crippen LogP contribution is 2.15. The van der Waals surface area contributed by atoms with E-state index < -0.39 is 0 Å². The fourth-order valence-electron chi connectivity index (χ4n) is 1.46. The molecular weight excluding hydrogens is 206 g/mol. The second kappa shape index (κ2) is 4.81. The van der Waals surface area contributed by atoms with Crippen molar-refractivity contribution >= 4 is 0 Å². The van der Waals surface area contributed by atoms with Gasteiger partial charge < -0.3 is 14.3 Å². The van der Waals surface area contributed by atoms with E-state index in [0.29, 0.717) is 18.0 Å². The molecule has 0 amide bonds. The van der Waals surface area contributed by atoms with Crippen molar-refractivity contribution in [2.75, 3.05) is 7.11 Å². The molecule has 1 aromatic carbocycles. The Labute approximate surface area is 93.5 Å². The van der Waals surface area contributed by atoms with E-state index in [9.17, 15) is 0 Å². The van der Waals surface area contributed by atoms with Crippen LogP contribution in [-0.4, -0.2) is 17.2 Å². The number of methoxy groups -OCH3 is 1. The van der Waals surface area contributed by atoms with Crippen molar-refractivity contribution in [1.82, 2.24) is 4.98 Å². The van der Waals surface area contributed by atoms with Crippen LogP contribution in [0.4, 0.5) is 0 Å². The number of aliphatic hydroxyl groups excluding tert-OH is 1. The Morgan fingerprint density at radius 3 is 3.00 bits per heavy atom. The molecule has 84 valence electrons. The van der Waals surface area contributed by atoms with Gasteiger partial charge in [-0.2, -0.15) is 0 Å². The molecule has 1 heterocycles. The Bertz CT molecular complexity index is 465. The van der Waals surface area contributed by atoms with E-state index in [4.69, 9.17) is 14.3 Å². The molecule has 4 nitrogen and oxygen atoms in total. The summed E-state index contributed by atoms with van der Waals surface area (Å²) in [6.45, 7) is -0.0956. The minimum atomic E-state index is -0.0956. The van der Waals surface area contributed by atoms with Crippen LogP contribution < -0.4 is 4.74 Å². The summed E-state index contributed by atoms with van der Waals surface area (Å²) >= 11 is 0. The van der Waals surface area contributed by atoms with Gasteiger partial charge in [-0.25, -0.2) is 4.98 Å². The maximum atomic E-state index is 8.86. The Hall–Kier alpha value is -1.81. The van der Waals surface area contributed by atoms with Crippen LogP contribution in [0.2, 0.25) is 0 Å². The quantitative estimate of drug-likeness (QED) is 0.851. The number of rotatable bonds is 4. The molecule has 0 unspecified atom stereocenters. The summed E-state index contributed by atoms with van der Waals surface area (Å²) in [5, 5.41) is 8.86. The van der Waals surface area contributed by atoms with Crippen LogP contribution >= 0.6 is 0 Å². The third-order valence-corrected chi connectivity index (χ3v) is 2.25. The third-order valence-electron chi connectivity index (χ3n) is 2.25. The summed E-state index contributed by atoms with van der Waals surface area (Å²) in [4.78, 5) is 4.12. The molecule has 0 spiro atoms. The van der Waals surface area contributed by atoms with Crippen LogP contribution in [0.15, 0.2) is 34.9 Å². The molecule has 0 aliphatic rings. The van der Waals surface area contributed by atoms with E-state index in [1.807, 2.05) is 24.3 Å². The van der Waals surface area contributed by atoms with Crippen LogP contribution in [0.25, 0.3) is 0 Å². The van der Waals surface area contributed by atoms with Gasteiger partial charge in [-0.1, -0.05) is 12.1 Å². The first-order valence-corrected chi connectivity index (χ1v) is 4.99. The summed E-state index contributed by atoms with van der Waals surface area (Å²) < 4.78 is 10.3. The fourth-order valence-corrected chi connectivity index (χ4v) is 1.46. The Morgan fingerprint density at radius 1 is 1.44 bits per heavy atom. The molecule has 2 rings (SSSR count). The van der Waals surface area contributed by atoms with Crippen molar-refractivity contribution < 1.29 is 14.3 Å². The van der Waals surface area contributed by atoms with Gasteiger partial charge in [0.15, 0.2) is 5.89 Å². The fraction of sp³-hybridized carbons (Fsp3) is 0.250. The predicted octanol–water partition coefficient (Wildman–Crippen LogP) is 1.77. The SMILES string of the molecule is COc1cccc(Cc2nc(CO)co2)c1. The number of hydrogen-bond donors (Lipinski definition) is 1. The second-order valence-corrected chi connectivity index (χ2v) is 3.42. The number of nitrogens with zero attached hydrogens (tertiary/aromatic N) is 1. The highest BCUT2D eigenvalue weighted by atomic mass is 16.5. The zero-order valence-corrected chi connectivity index (χ0v) is 9.01. The number of aromatic nitrogens is 1. The largest absolute Gasteiger partial charge is 0.497 e. The van der Waals surface area contributed by atoms with Crippen molar-refractivity contribution in [1.29, 1.82) is 0 Å². The summed E-state index contributed by atoms with van der Waals surface area (Å²) in [5.74, 6) is 1.41. The van der Waals surface area contributed by atoms with Crippen molar-refractivity contribution in [3.8, 4) is 5.75 Å². The van der Waals surface area contributed by atoms with E-state index in [0.717, 1.165) is 11.3 Å². The Morgan fingerprint density at radius 2 is 2.31 bits per heavy atom. The number of oxazole rings is 1. The number of ether oxygens (including phenoxy) is 1. The van der Waals surface area contributed by atoms with Crippen molar-refractivity contribution in [3.63, 3.8) is 0 Å². The summed E-state index contributed by atoms with van der Waals surface area (Å²) in [6, 6.07) is 7.72. The summed E-state index contributed by atoms with van der Waals surface area (Å²) in [7, 11) is 1.63. The highest BCUT2D eigenvalue weighted by molar-refractivity contribution is 5.29. The van der Waals surface area contributed by atoms with Crippen molar-refractivity contribution in [3.05, 3.63) is 47.7 Å². The standard InChI is InChI=1S/C12H13NO3/c1-15-11-4-2-3-9(5-11)6-12-13-10(7-14)8-16-12/h2-5,8,14H,6-7H2,1H3. The molecule has 4 heteroatoms. The zero-order valence-electron chi connectivity index (χ0n) is 9.01. The van der Waals surface area contributed by atoms with Crippen molar-refractivity contribution in [2.45, 2.75) is 13.0 Å². The molecule has 1 N–H and O–H groups in total. The van der Waals surface area contributed by atoms with Gasteiger partial charge in [-0.05, 0) is 17.7 Å². The normalized spacial score (nSPS) is 10.4. The maximum Gasteiger partial charge on any atom is 0.198 e. The molecule has 0 fully saturated rings. The molecule has 1 aromatic heterocycles. The van der Waals surface area contributed by atoms with Gasteiger partial charge in [0.25, 0.3) is 0 Å². The summed E-state index contributed by atoms with van der Waals surface area (Å²) in [6.07, 6.45) is 2.06. The van der Waals surface area contributed by atoms with Gasteiger partial charge in [-0.15, -0.1) is 0 Å². The molecule has 0 saturated carbocycles. The van der Waals surface area contributed by atoms with Crippen LogP contribution in [0.1, 0.15) is 17.1 Å². The lowest BCUT2D eigenvalue weighted by atomic mass is 10.1. The number of hydrogen-bond acceptors (Lipinski definition) is 4. The van der Waals surface area contributed by atoms with E-state index in [1.165, 1.54) is 6.26 Å². The first kappa shape index (κ1) is 10.7. The van der Waals surface area contributed by atoms with Crippen LogP contribution in [0, 0.1) is 0 Å². The summed E-state index contributed by atoms with van der Waals surface area (Å²) in [5.41, 5.74) is 1.61. The minimum Gasteiger partial charge on any atom is -0.497 e. The topological polar surface area (TPSA) is 55.5 Å². The van der Waals surface area contributed by atoms with E-state index in [1.54, 1.807) is 7.11 Å². The van der Waals surface area contributed by atoms with Gasteiger partial charge in [0.2, 0.25) is 0 Å². The molecule has 0 saturated heterocycles. The van der Waals surface area contributed by atoms with E-state index in [-0.39, 0.29) is 6.61 Å². The molecule has 0 aliphatic heterocycles. The van der Waals surface area contributed by atoms with Crippen molar-refractivity contribution in [2.24, 2.45) is 0 Å². The molecule has 2 aromatic rings. The maximum absolute atomic E-state index is 8.86. The lowest BCUT2D eigenvalue weighted by molar-refractivity contribution is 0.276. The second-order valence-electron chi connectivity index (χ2n) is 3.42. The lowest BCUT2D eigenvalue weighted by Crippen LogP contribution is -1.91. The Balaban J connectivity index is 2.13. The van der Waals surface area contributed by atoms with Gasteiger partial charge in [-0.3, -0.25) is 0 Å². The molecule has 0 aliphatic carbocycles. The van der Waals surface area contributed by atoms with E-state index in [2.05, 4.69) is 4.98 Å². The third kappa shape index (κ3) is 2.41. The van der Waals surface area contributed by atoms with Crippen LogP contribution in [-0.2, 0) is 13.0 Å². The zero-order chi connectivity index (χ0) is 11.4. The molecule has 0 bridgehead atoms. The smallest absolute Gasteiger partial charge is 0.198 e. The average Bonchev–Trinajstić information content (AvgIpc) is 2.77. The average molecular weight is 219 g/mol. The molecule has 0 atom stereocenters. The first-order valence-electron chi connectivity index (χ1n) is 4.99. The van der Waals surface area contributed by atoms with Gasteiger partial charge in [0.05, 0.1) is 13.7 Å². The highest BCUT2D eigenvalue weighted by Gasteiger charge is 2.04. The molecule has 0 radical (unpaired) electrons.